The van der Waals surface area contributed by atoms with Gasteiger partial charge in [0.1, 0.15) is 12.4 Å². The molecule has 2 aromatic rings. The molecule has 0 aliphatic rings. The number of amides is 1. The van der Waals surface area contributed by atoms with Crippen molar-refractivity contribution in [1.82, 2.24) is 25.5 Å². The summed E-state index contributed by atoms with van der Waals surface area (Å²) in [6.45, 7) is 0.841. The molecule has 0 saturated carbocycles. The fourth-order valence-corrected chi connectivity index (χ4v) is 2.55. The lowest BCUT2D eigenvalue weighted by Crippen LogP contribution is -2.28. The highest BCUT2D eigenvalue weighted by atomic mass is 35.5. The van der Waals surface area contributed by atoms with Crippen LogP contribution in [0.3, 0.4) is 0 Å². The lowest BCUT2D eigenvalue weighted by Gasteiger charge is -2.07. The molecular formula is C13H16ClN5O2S. The number of aromatic nitrogens is 4. The number of nitrogens with one attached hydrogen (secondary N) is 1. The average Bonchev–Trinajstić information content (AvgIpc) is 2.89. The molecule has 7 nitrogen and oxygen atoms in total. The second kappa shape index (κ2) is 8.60. The maximum atomic E-state index is 11.7. The SMILES string of the molecule is Cn1nnnc1SCCC(=O)NCCOc1cccc(Cl)c1. The summed E-state index contributed by atoms with van der Waals surface area (Å²) in [6, 6.07) is 7.14. The molecule has 0 fully saturated rings. The lowest BCUT2D eigenvalue weighted by molar-refractivity contribution is -0.120. The summed E-state index contributed by atoms with van der Waals surface area (Å²) in [5.74, 6) is 1.28. The summed E-state index contributed by atoms with van der Waals surface area (Å²) in [4.78, 5) is 11.7. The van der Waals surface area contributed by atoms with Crippen molar-refractivity contribution >= 4 is 29.3 Å². The predicted molar refractivity (Wildman–Crippen MR) is 84.1 cm³/mol. The predicted octanol–water partition coefficient (Wildman–Crippen LogP) is 1.54. The Morgan fingerprint density at radius 3 is 3.09 bits per heavy atom. The molecule has 118 valence electrons. The molecule has 0 radical (unpaired) electrons. The van der Waals surface area contributed by atoms with E-state index in [0.717, 1.165) is 0 Å². The number of nitrogens with zero attached hydrogens (tertiary/aromatic N) is 4. The molecule has 1 N–H and O–H groups in total. The van der Waals surface area contributed by atoms with E-state index in [4.69, 9.17) is 16.3 Å². The largest absolute Gasteiger partial charge is 0.492 e. The van der Waals surface area contributed by atoms with Gasteiger partial charge in [-0.1, -0.05) is 29.4 Å². The third-order valence-electron chi connectivity index (χ3n) is 2.63. The Hall–Kier alpha value is -1.80. The molecule has 1 aromatic carbocycles. The zero-order valence-electron chi connectivity index (χ0n) is 12.0. The zero-order chi connectivity index (χ0) is 15.8. The number of carbonyl (C=O) groups is 1. The van der Waals surface area contributed by atoms with Crippen LogP contribution >= 0.6 is 23.4 Å². The van der Waals surface area contributed by atoms with Crippen LogP contribution in [-0.2, 0) is 11.8 Å². The molecule has 1 amide bonds. The molecular weight excluding hydrogens is 326 g/mol. The van der Waals surface area contributed by atoms with Gasteiger partial charge in [-0.25, -0.2) is 4.68 Å². The van der Waals surface area contributed by atoms with E-state index in [-0.39, 0.29) is 5.91 Å². The van der Waals surface area contributed by atoms with E-state index in [0.29, 0.717) is 41.3 Å². The minimum atomic E-state index is -0.0303. The van der Waals surface area contributed by atoms with Gasteiger partial charge in [0.05, 0.1) is 6.54 Å². The molecule has 0 unspecified atom stereocenters. The number of aryl methyl sites for hydroxylation is 1. The first-order chi connectivity index (χ1) is 10.6. The Balaban J connectivity index is 1.57. The first kappa shape index (κ1) is 16.6. The van der Waals surface area contributed by atoms with Crippen LogP contribution in [0.5, 0.6) is 5.75 Å². The number of thioether (sulfide) groups is 1. The number of rotatable bonds is 8. The van der Waals surface area contributed by atoms with Gasteiger partial charge in [0, 0.05) is 24.2 Å². The normalized spacial score (nSPS) is 10.5. The zero-order valence-corrected chi connectivity index (χ0v) is 13.6. The molecule has 0 aliphatic carbocycles. The van der Waals surface area contributed by atoms with Crippen molar-refractivity contribution in [2.24, 2.45) is 7.05 Å². The molecule has 9 heteroatoms. The molecule has 0 spiro atoms. The van der Waals surface area contributed by atoms with Crippen LogP contribution < -0.4 is 10.1 Å². The number of halogens is 1. The highest BCUT2D eigenvalue weighted by molar-refractivity contribution is 7.99. The first-order valence-corrected chi connectivity index (χ1v) is 8.02. The molecule has 1 heterocycles. The summed E-state index contributed by atoms with van der Waals surface area (Å²) < 4.78 is 7.05. The molecule has 0 atom stereocenters. The Bertz CT molecular complexity index is 622. The minimum Gasteiger partial charge on any atom is -0.492 e. The van der Waals surface area contributed by atoms with E-state index < -0.39 is 0 Å². The molecule has 0 bridgehead atoms. The summed E-state index contributed by atoms with van der Waals surface area (Å²) >= 11 is 7.29. The van der Waals surface area contributed by atoms with Crippen LogP contribution in [0, 0.1) is 0 Å². The molecule has 22 heavy (non-hydrogen) atoms. The van der Waals surface area contributed by atoms with E-state index >= 15 is 0 Å². The number of benzene rings is 1. The van der Waals surface area contributed by atoms with Gasteiger partial charge in [-0.05, 0) is 28.6 Å². The Morgan fingerprint density at radius 2 is 2.36 bits per heavy atom. The van der Waals surface area contributed by atoms with E-state index in [9.17, 15) is 4.79 Å². The van der Waals surface area contributed by atoms with Crippen LogP contribution in [-0.4, -0.2) is 45.0 Å². The summed E-state index contributed by atoms with van der Waals surface area (Å²) in [7, 11) is 1.76. The summed E-state index contributed by atoms with van der Waals surface area (Å²) in [5.41, 5.74) is 0. The van der Waals surface area contributed by atoms with Crippen molar-refractivity contribution in [3.8, 4) is 5.75 Å². The van der Waals surface area contributed by atoms with Crippen molar-refractivity contribution in [3.63, 3.8) is 0 Å². The van der Waals surface area contributed by atoms with E-state index in [1.165, 1.54) is 11.8 Å². The number of carbonyl (C=O) groups excluding carboxylic acids is 1. The fraction of sp³-hybridized carbons (Fsp3) is 0.385. The minimum absolute atomic E-state index is 0.0303. The number of tetrazole rings is 1. The van der Waals surface area contributed by atoms with Gasteiger partial charge in [-0.2, -0.15) is 0 Å². The average molecular weight is 342 g/mol. The van der Waals surface area contributed by atoms with Crippen molar-refractivity contribution in [2.75, 3.05) is 18.9 Å². The van der Waals surface area contributed by atoms with Gasteiger partial charge in [-0.15, -0.1) is 5.10 Å². The Morgan fingerprint density at radius 1 is 1.50 bits per heavy atom. The van der Waals surface area contributed by atoms with Gasteiger partial charge in [0.2, 0.25) is 11.1 Å². The van der Waals surface area contributed by atoms with Gasteiger partial charge in [-0.3, -0.25) is 4.79 Å². The Kier molecular flexibility index (Phi) is 6.47. The molecule has 1 aromatic heterocycles. The highest BCUT2D eigenvalue weighted by Crippen LogP contribution is 2.16. The monoisotopic (exact) mass is 341 g/mol. The fourth-order valence-electron chi connectivity index (χ4n) is 1.58. The third kappa shape index (κ3) is 5.53. The molecule has 2 rings (SSSR count). The van der Waals surface area contributed by atoms with Crippen LogP contribution in [0.4, 0.5) is 0 Å². The number of ether oxygens (including phenoxy) is 1. The summed E-state index contributed by atoms with van der Waals surface area (Å²) in [6.07, 6.45) is 0.398. The van der Waals surface area contributed by atoms with Gasteiger partial charge >= 0.3 is 0 Å². The third-order valence-corrected chi connectivity index (χ3v) is 3.88. The maximum Gasteiger partial charge on any atom is 0.220 e. The lowest BCUT2D eigenvalue weighted by atomic mass is 10.3. The van der Waals surface area contributed by atoms with Crippen LogP contribution in [0.2, 0.25) is 5.02 Å². The number of hydrogen-bond donors (Lipinski definition) is 1. The smallest absolute Gasteiger partial charge is 0.220 e. The molecule has 0 saturated heterocycles. The van der Waals surface area contributed by atoms with Gasteiger partial charge < -0.3 is 10.1 Å². The topological polar surface area (TPSA) is 81.9 Å². The van der Waals surface area contributed by atoms with Gasteiger partial charge in [0.25, 0.3) is 0 Å². The van der Waals surface area contributed by atoms with Crippen LogP contribution in [0.25, 0.3) is 0 Å². The standard InChI is InChI=1S/C13H16ClN5O2S/c1-19-13(16-17-18-19)22-8-5-12(20)15-6-7-21-11-4-2-3-10(14)9-11/h2-4,9H,5-8H2,1H3,(H,15,20). The molecule has 0 aliphatic heterocycles. The van der Waals surface area contributed by atoms with E-state index in [2.05, 4.69) is 20.8 Å². The first-order valence-electron chi connectivity index (χ1n) is 6.65. The second-order valence-corrected chi connectivity index (χ2v) is 5.84. The number of hydrogen-bond acceptors (Lipinski definition) is 6. The van der Waals surface area contributed by atoms with Crippen LogP contribution in [0.1, 0.15) is 6.42 Å². The quantitative estimate of drug-likeness (QED) is 0.579. The second-order valence-electron chi connectivity index (χ2n) is 4.34. The highest BCUT2D eigenvalue weighted by Gasteiger charge is 2.05. The van der Waals surface area contributed by atoms with E-state index in [1.807, 2.05) is 12.1 Å². The maximum absolute atomic E-state index is 11.7. The van der Waals surface area contributed by atoms with Crippen molar-refractivity contribution in [3.05, 3.63) is 29.3 Å². The van der Waals surface area contributed by atoms with Crippen molar-refractivity contribution in [1.29, 1.82) is 0 Å². The van der Waals surface area contributed by atoms with Crippen molar-refractivity contribution in [2.45, 2.75) is 11.6 Å². The Labute approximate surface area is 137 Å². The van der Waals surface area contributed by atoms with Crippen LogP contribution in [0.15, 0.2) is 29.4 Å². The van der Waals surface area contributed by atoms with Gasteiger partial charge in [0.15, 0.2) is 0 Å². The van der Waals surface area contributed by atoms with Crippen molar-refractivity contribution < 1.29 is 9.53 Å². The van der Waals surface area contributed by atoms with E-state index in [1.54, 1.807) is 23.9 Å². The summed E-state index contributed by atoms with van der Waals surface area (Å²) in [5, 5.41) is 15.2.